The smallest absolute Gasteiger partial charge is 0.249 e. The largest absolute Gasteiger partial charge is 0.394 e. The molecule has 1 N–H and O–H groups in total. The van der Waals surface area contributed by atoms with E-state index in [1.807, 2.05) is 30.1 Å². The summed E-state index contributed by atoms with van der Waals surface area (Å²) in [6.07, 6.45) is 0.833. The third kappa shape index (κ3) is 3.06. The Bertz CT molecular complexity index is 888. The molecule has 3 atom stereocenters. The highest BCUT2D eigenvalue weighted by Crippen LogP contribution is 2.49. The van der Waals surface area contributed by atoms with Gasteiger partial charge in [-0.15, -0.1) is 0 Å². The molecule has 0 bridgehead atoms. The summed E-state index contributed by atoms with van der Waals surface area (Å²) in [7, 11) is 3.50. The van der Waals surface area contributed by atoms with E-state index in [1.165, 1.54) is 19.2 Å². The predicted molar refractivity (Wildman–Crippen MR) is 106 cm³/mol. The standard InChI is InChI=1S/C22H25FN2O3/c1-24-19-7-6-15(14-4-3-5-16(23)10-14)11-18(19)22-17(20(24)12-26)8-9-25(22)21(27)13-28-2/h3-7,10-11,17,20,22,26H,8-9,12-13H2,1-2H3/t17-,20-,22-/m0/s1. The van der Waals surface area contributed by atoms with Crippen molar-refractivity contribution in [2.24, 2.45) is 5.92 Å². The van der Waals surface area contributed by atoms with Crippen molar-refractivity contribution in [1.29, 1.82) is 0 Å². The van der Waals surface area contributed by atoms with E-state index >= 15 is 0 Å². The minimum Gasteiger partial charge on any atom is -0.394 e. The van der Waals surface area contributed by atoms with Crippen LogP contribution in [-0.2, 0) is 9.53 Å². The first-order valence-electron chi connectivity index (χ1n) is 9.57. The number of halogens is 1. The normalized spacial score (nSPS) is 23.5. The fraction of sp³-hybridized carbons (Fsp3) is 0.409. The van der Waals surface area contributed by atoms with Crippen LogP contribution in [0.5, 0.6) is 0 Å². The molecule has 0 spiro atoms. The van der Waals surface area contributed by atoms with Crippen molar-refractivity contribution in [3.63, 3.8) is 0 Å². The summed E-state index contributed by atoms with van der Waals surface area (Å²) >= 11 is 0. The number of aliphatic hydroxyl groups is 1. The van der Waals surface area contributed by atoms with E-state index in [0.717, 1.165) is 28.8 Å². The first-order valence-corrected chi connectivity index (χ1v) is 9.57. The van der Waals surface area contributed by atoms with Gasteiger partial charge in [-0.05, 0) is 47.4 Å². The number of likely N-dealkylation sites (tertiary alicyclic amines) is 1. The average molecular weight is 384 g/mol. The van der Waals surface area contributed by atoms with Gasteiger partial charge in [-0.1, -0.05) is 18.2 Å². The van der Waals surface area contributed by atoms with E-state index in [9.17, 15) is 14.3 Å². The van der Waals surface area contributed by atoms with Crippen molar-refractivity contribution in [3.8, 4) is 11.1 Å². The van der Waals surface area contributed by atoms with Gasteiger partial charge in [0.25, 0.3) is 0 Å². The molecule has 1 saturated heterocycles. The molecule has 28 heavy (non-hydrogen) atoms. The molecule has 2 aromatic rings. The SMILES string of the molecule is COCC(=O)N1CC[C@@H]2[C@H]1c1cc(-c3cccc(F)c3)ccc1N(C)[C@H]2CO. The maximum absolute atomic E-state index is 13.7. The lowest BCUT2D eigenvalue weighted by Crippen LogP contribution is -2.48. The summed E-state index contributed by atoms with van der Waals surface area (Å²) in [5.41, 5.74) is 3.76. The van der Waals surface area contributed by atoms with Crippen LogP contribution in [0.2, 0.25) is 0 Å². The van der Waals surface area contributed by atoms with Crippen LogP contribution in [0.3, 0.4) is 0 Å². The molecule has 2 aromatic carbocycles. The molecule has 148 valence electrons. The molecule has 2 heterocycles. The molecular weight excluding hydrogens is 359 g/mol. The van der Waals surface area contributed by atoms with Crippen molar-refractivity contribution in [3.05, 3.63) is 53.8 Å². The number of carbonyl (C=O) groups is 1. The van der Waals surface area contributed by atoms with Gasteiger partial charge in [-0.3, -0.25) is 4.79 Å². The Hall–Kier alpha value is -2.44. The monoisotopic (exact) mass is 384 g/mol. The Labute approximate surface area is 164 Å². The molecule has 0 aliphatic carbocycles. The van der Waals surface area contributed by atoms with Crippen LogP contribution in [0.15, 0.2) is 42.5 Å². The summed E-state index contributed by atoms with van der Waals surface area (Å²) in [6.45, 7) is 0.725. The lowest BCUT2D eigenvalue weighted by molar-refractivity contribution is -0.136. The zero-order chi connectivity index (χ0) is 19.8. The van der Waals surface area contributed by atoms with Gasteiger partial charge in [-0.25, -0.2) is 4.39 Å². The summed E-state index contributed by atoms with van der Waals surface area (Å²) in [5, 5.41) is 10.0. The Morgan fingerprint density at radius 3 is 2.75 bits per heavy atom. The number of amides is 1. The van der Waals surface area contributed by atoms with E-state index in [-0.39, 0.29) is 42.9 Å². The zero-order valence-corrected chi connectivity index (χ0v) is 16.1. The topological polar surface area (TPSA) is 53.0 Å². The lowest BCUT2D eigenvalue weighted by Gasteiger charge is -2.44. The van der Waals surface area contributed by atoms with E-state index < -0.39 is 0 Å². The number of aliphatic hydroxyl groups excluding tert-OH is 1. The number of rotatable bonds is 4. The highest BCUT2D eigenvalue weighted by molar-refractivity contribution is 5.80. The molecular formula is C22H25FN2O3. The fourth-order valence-electron chi connectivity index (χ4n) is 4.79. The van der Waals surface area contributed by atoms with Gasteiger partial charge in [0.1, 0.15) is 12.4 Å². The van der Waals surface area contributed by atoms with Gasteiger partial charge in [0.05, 0.1) is 18.7 Å². The molecule has 2 aliphatic rings. The van der Waals surface area contributed by atoms with Crippen molar-refractivity contribution >= 4 is 11.6 Å². The number of anilines is 1. The summed E-state index contributed by atoms with van der Waals surface area (Å²) in [5.74, 6) is -0.173. The second-order valence-corrected chi connectivity index (χ2v) is 7.56. The molecule has 6 heteroatoms. The first kappa shape index (κ1) is 18.9. The molecule has 2 aliphatic heterocycles. The van der Waals surface area contributed by atoms with Crippen molar-refractivity contribution in [1.82, 2.24) is 4.90 Å². The third-order valence-electron chi connectivity index (χ3n) is 6.10. The van der Waals surface area contributed by atoms with Crippen molar-refractivity contribution in [2.75, 3.05) is 38.8 Å². The number of carbonyl (C=O) groups excluding carboxylic acids is 1. The van der Waals surface area contributed by atoms with Crippen molar-refractivity contribution in [2.45, 2.75) is 18.5 Å². The van der Waals surface area contributed by atoms with Gasteiger partial charge in [0.2, 0.25) is 5.91 Å². The zero-order valence-electron chi connectivity index (χ0n) is 16.1. The molecule has 5 nitrogen and oxygen atoms in total. The van der Waals surface area contributed by atoms with Crippen LogP contribution in [-0.4, -0.2) is 55.9 Å². The molecule has 0 unspecified atom stereocenters. The molecule has 0 saturated carbocycles. The molecule has 1 fully saturated rings. The number of methoxy groups -OCH3 is 1. The number of likely N-dealkylation sites (N-methyl/N-ethyl adjacent to an activating group) is 1. The van der Waals surface area contributed by atoms with Gasteiger partial charge in [0, 0.05) is 32.3 Å². The highest BCUT2D eigenvalue weighted by Gasteiger charge is 2.47. The van der Waals surface area contributed by atoms with Crippen LogP contribution < -0.4 is 4.90 Å². The van der Waals surface area contributed by atoms with Crippen LogP contribution in [0.25, 0.3) is 11.1 Å². The van der Waals surface area contributed by atoms with E-state index in [2.05, 4.69) is 11.0 Å². The number of hydrogen-bond donors (Lipinski definition) is 1. The van der Waals surface area contributed by atoms with Crippen LogP contribution in [0, 0.1) is 11.7 Å². The third-order valence-corrected chi connectivity index (χ3v) is 6.10. The van der Waals surface area contributed by atoms with Crippen LogP contribution in [0.1, 0.15) is 18.0 Å². The fourth-order valence-corrected chi connectivity index (χ4v) is 4.79. The Morgan fingerprint density at radius 1 is 1.25 bits per heavy atom. The predicted octanol–water partition coefficient (Wildman–Crippen LogP) is 2.84. The minimum absolute atomic E-state index is 0.0368. The van der Waals surface area contributed by atoms with Crippen LogP contribution >= 0.6 is 0 Å². The molecule has 0 aromatic heterocycles. The Kier molecular flexibility index (Phi) is 5.08. The second-order valence-electron chi connectivity index (χ2n) is 7.56. The van der Waals surface area contributed by atoms with Gasteiger partial charge in [-0.2, -0.15) is 0 Å². The summed E-state index contributed by atoms with van der Waals surface area (Å²) in [4.78, 5) is 16.6. The number of benzene rings is 2. The Morgan fingerprint density at radius 2 is 2.04 bits per heavy atom. The quantitative estimate of drug-likeness (QED) is 0.881. The molecule has 0 radical (unpaired) electrons. The summed E-state index contributed by atoms with van der Waals surface area (Å²) < 4.78 is 18.8. The summed E-state index contributed by atoms with van der Waals surface area (Å²) in [6, 6.07) is 12.4. The maximum Gasteiger partial charge on any atom is 0.249 e. The van der Waals surface area contributed by atoms with Gasteiger partial charge in [0.15, 0.2) is 0 Å². The molecule has 1 amide bonds. The number of fused-ring (bicyclic) bond motifs is 3. The maximum atomic E-state index is 13.7. The number of ether oxygens (including phenoxy) is 1. The van der Waals surface area contributed by atoms with Crippen molar-refractivity contribution < 1.29 is 19.0 Å². The van der Waals surface area contributed by atoms with Crippen LogP contribution in [0.4, 0.5) is 10.1 Å². The second kappa shape index (κ2) is 7.53. The van der Waals surface area contributed by atoms with Gasteiger partial charge < -0.3 is 19.6 Å². The lowest BCUT2D eigenvalue weighted by atomic mass is 9.81. The molecule has 4 rings (SSSR count). The number of hydrogen-bond acceptors (Lipinski definition) is 4. The first-order chi connectivity index (χ1) is 13.5. The van der Waals surface area contributed by atoms with Gasteiger partial charge >= 0.3 is 0 Å². The average Bonchev–Trinajstić information content (AvgIpc) is 3.13. The Balaban J connectivity index is 1.81. The number of nitrogens with zero attached hydrogens (tertiary/aromatic N) is 2. The minimum atomic E-state index is -0.275. The van der Waals surface area contributed by atoms with E-state index in [4.69, 9.17) is 4.74 Å². The highest BCUT2D eigenvalue weighted by atomic mass is 19.1. The van der Waals surface area contributed by atoms with E-state index in [0.29, 0.717) is 6.54 Å². The van der Waals surface area contributed by atoms with E-state index in [1.54, 1.807) is 6.07 Å².